The van der Waals surface area contributed by atoms with Gasteiger partial charge in [-0.1, -0.05) is 37.6 Å². The SMILES string of the molecule is CCN1CCN(CC(C)CNC(=NC)NCc2cccc(Cl)c2)CC1. The summed E-state index contributed by atoms with van der Waals surface area (Å²) in [5, 5.41) is 7.54. The van der Waals surface area contributed by atoms with Gasteiger partial charge in [-0.15, -0.1) is 0 Å². The third kappa shape index (κ3) is 7.22. The van der Waals surface area contributed by atoms with E-state index in [1.165, 1.54) is 32.7 Å². The minimum Gasteiger partial charge on any atom is -0.356 e. The van der Waals surface area contributed by atoms with E-state index in [0.717, 1.165) is 29.6 Å². The number of piperazine rings is 1. The second-order valence-electron chi connectivity index (χ2n) is 6.78. The number of guanidine groups is 1. The first-order valence-electron chi connectivity index (χ1n) is 9.24. The van der Waals surface area contributed by atoms with Gasteiger partial charge in [-0.25, -0.2) is 0 Å². The van der Waals surface area contributed by atoms with Crippen molar-refractivity contribution in [1.82, 2.24) is 20.4 Å². The van der Waals surface area contributed by atoms with E-state index in [9.17, 15) is 0 Å². The predicted octanol–water partition coefficient (Wildman–Crippen LogP) is 2.28. The molecule has 5 nitrogen and oxygen atoms in total. The summed E-state index contributed by atoms with van der Waals surface area (Å²) >= 11 is 6.03. The van der Waals surface area contributed by atoms with E-state index in [0.29, 0.717) is 12.5 Å². The van der Waals surface area contributed by atoms with Crippen LogP contribution in [0.5, 0.6) is 0 Å². The molecule has 1 aromatic rings. The van der Waals surface area contributed by atoms with Gasteiger partial charge in [0, 0.05) is 57.9 Å². The lowest BCUT2D eigenvalue weighted by molar-refractivity contribution is 0.124. The Kier molecular flexibility index (Phi) is 8.52. The van der Waals surface area contributed by atoms with E-state index in [4.69, 9.17) is 11.6 Å². The lowest BCUT2D eigenvalue weighted by Gasteiger charge is -2.35. The number of nitrogens with one attached hydrogen (secondary N) is 2. The quantitative estimate of drug-likeness (QED) is 0.574. The van der Waals surface area contributed by atoms with E-state index >= 15 is 0 Å². The Balaban J connectivity index is 1.67. The molecule has 140 valence electrons. The van der Waals surface area contributed by atoms with Gasteiger partial charge in [0.25, 0.3) is 0 Å². The van der Waals surface area contributed by atoms with Gasteiger partial charge in [0.05, 0.1) is 0 Å². The number of benzene rings is 1. The fourth-order valence-electron chi connectivity index (χ4n) is 3.12. The maximum Gasteiger partial charge on any atom is 0.191 e. The van der Waals surface area contributed by atoms with Crippen molar-refractivity contribution in [2.75, 3.05) is 52.9 Å². The standard InChI is InChI=1S/C19H32ClN5/c1-4-24-8-10-25(11-9-24)15-16(2)13-22-19(21-3)23-14-17-6-5-7-18(20)12-17/h5-7,12,16H,4,8-11,13-15H2,1-3H3,(H2,21,22,23). The molecule has 0 radical (unpaired) electrons. The Morgan fingerprint density at radius 1 is 1.20 bits per heavy atom. The Morgan fingerprint density at radius 3 is 2.56 bits per heavy atom. The molecule has 1 saturated heterocycles. The Labute approximate surface area is 157 Å². The molecular formula is C19H32ClN5. The van der Waals surface area contributed by atoms with Gasteiger partial charge in [0.1, 0.15) is 0 Å². The largest absolute Gasteiger partial charge is 0.356 e. The Morgan fingerprint density at radius 2 is 1.92 bits per heavy atom. The minimum absolute atomic E-state index is 0.581. The average Bonchev–Trinajstić information content (AvgIpc) is 2.62. The molecule has 0 bridgehead atoms. The highest BCUT2D eigenvalue weighted by atomic mass is 35.5. The van der Waals surface area contributed by atoms with Crippen molar-refractivity contribution >= 4 is 17.6 Å². The second-order valence-corrected chi connectivity index (χ2v) is 7.21. The summed E-state index contributed by atoms with van der Waals surface area (Å²) in [6.45, 7) is 13.2. The molecule has 0 spiro atoms. The lowest BCUT2D eigenvalue weighted by atomic mass is 10.1. The molecular weight excluding hydrogens is 334 g/mol. The van der Waals surface area contributed by atoms with Gasteiger partial charge in [0.2, 0.25) is 0 Å². The molecule has 0 aliphatic carbocycles. The van der Waals surface area contributed by atoms with Crippen LogP contribution in [0.2, 0.25) is 5.02 Å². The molecule has 1 aliphatic heterocycles. The number of rotatable bonds is 7. The summed E-state index contributed by atoms with van der Waals surface area (Å²) in [5.74, 6) is 1.42. The summed E-state index contributed by atoms with van der Waals surface area (Å²) in [5.41, 5.74) is 1.15. The zero-order valence-electron chi connectivity index (χ0n) is 15.8. The third-order valence-corrected chi connectivity index (χ3v) is 4.91. The normalized spacial score (nSPS) is 18.2. The topological polar surface area (TPSA) is 42.9 Å². The van der Waals surface area contributed by atoms with E-state index in [1.807, 2.05) is 25.2 Å². The minimum atomic E-state index is 0.581. The number of nitrogens with zero attached hydrogens (tertiary/aromatic N) is 3. The van der Waals surface area contributed by atoms with E-state index in [2.05, 4.69) is 45.3 Å². The van der Waals surface area contributed by atoms with Gasteiger partial charge in [0.15, 0.2) is 5.96 Å². The fourth-order valence-corrected chi connectivity index (χ4v) is 3.33. The van der Waals surface area contributed by atoms with Crippen molar-refractivity contribution in [2.45, 2.75) is 20.4 Å². The van der Waals surface area contributed by atoms with Crippen LogP contribution in [0.3, 0.4) is 0 Å². The summed E-state index contributed by atoms with van der Waals surface area (Å²) < 4.78 is 0. The van der Waals surface area contributed by atoms with Crippen LogP contribution in [0.1, 0.15) is 19.4 Å². The molecule has 0 saturated carbocycles. The van der Waals surface area contributed by atoms with Crippen LogP contribution in [-0.4, -0.2) is 68.6 Å². The Bertz CT molecular complexity index is 540. The van der Waals surface area contributed by atoms with Crippen molar-refractivity contribution in [3.8, 4) is 0 Å². The van der Waals surface area contributed by atoms with Crippen molar-refractivity contribution in [2.24, 2.45) is 10.9 Å². The molecule has 1 atom stereocenters. The van der Waals surface area contributed by atoms with Gasteiger partial charge >= 0.3 is 0 Å². The van der Waals surface area contributed by atoms with Gasteiger partial charge in [-0.3, -0.25) is 4.99 Å². The van der Waals surface area contributed by atoms with Crippen LogP contribution in [0.25, 0.3) is 0 Å². The summed E-state index contributed by atoms with van der Waals surface area (Å²) in [6, 6.07) is 7.89. The van der Waals surface area contributed by atoms with E-state index < -0.39 is 0 Å². The van der Waals surface area contributed by atoms with Crippen LogP contribution < -0.4 is 10.6 Å². The zero-order chi connectivity index (χ0) is 18.1. The van der Waals surface area contributed by atoms with Crippen molar-refractivity contribution in [1.29, 1.82) is 0 Å². The predicted molar refractivity (Wildman–Crippen MR) is 107 cm³/mol. The molecule has 1 aromatic carbocycles. The fraction of sp³-hybridized carbons (Fsp3) is 0.632. The van der Waals surface area contributed by atoms with Gasteiger partial charge in [-0.05, 0) is 30.2 Å². The highest BCUT2D eigenvalue weighted by molar-refractivity contribution is 6.30. The summed E-state index contributed by atoms with van der Waals surface area (Å²) in [4.78, 5) is 9.39. The molecule has 1 aliphatic rings. The first-order chi connectivity index (χ1) is 12.1. The third-order valence-electron chi connectivity index (χ3n) is 4.67. The van der Waals surface area contributed by atoms with Crippen LogP contribution in [0.15, 0.2) is 29.3 Å². The highest BCUT2D eigenvalue weighted by Crippen LogP contribution is 2.10. The smallest absolute Gasteiger partial charge is 0.191 e. The summed E-state index contributed by atoms with van der Waals surface area (Å²) in [7, 11) is 1.81. The molecule has 0 amide bonds. The molecule has 25 heavy (non-hydrogen) atoms. The molecule has 1 fully saturated rings. The van der Waals surface area contributed by atoms with Crippen LogP contribution in [-0.2, 0) is 6.54 Å². The first kappa shape index (κ1) is 20.0. The molecule has 0 aromatic heterocycles. The lowest BCUT2D eigenvalue weighted by Crippen LogP contribution is -2.48. The second kappa shape index (κ2) is 10.6. The number of halogens is 1. The van der Waals surface area contributed by atoms with Crippen LogP contribution in [0, 0.1) is 5.92 Å². The average molecular weight is 366 g/mol. The number of likely N-dealkylation sites (N-methyl/N-ethyl adjacent to an activating group) is 1. The first-order valence-corrected chi connectivity index (χ1v) is 9.62. The Hall–Kier alpha value is -1.30. The maximum atomic E-state index is 6.03. The number of aliphatic imine (C=N–C) groups is 1. The van der Waals surface area contributed by atoms with Crippen molar-refractivity contribution in [3.05, 3.63) is 34.9 Å². The van der Waals surface area contributed by atoms with Gasteiger partial charge in [-0.2, -0.15) is 0 Å². The maximum absolute atomic E-state index is 6.03. The summed E-state index contributed by atoms with van der Waals surface area (Å²) in [6.07, 6.45) is 0. The van der Waals surface area contributed by atoms with Crippen LogP contribution >= 0.6 is 11.6 Å². The molecule has 2 N–H and O–H groups in total. The molecule has 1 heterocycles. The monoisotopic (exact) mass is 365 g/mol. The van der Waals surface area contributed by atoms with E-state index in [-0.39, 0.29) is 0 Å². The molecule has 2 rings (SSSR count). The van der Waals surface area contributed by atoms with Crippen molar-refractivity contribution < 1.29 is 0 Å². The van der Waals surface area contributed by atoms with Crippen molar-refractivity contribution in [3.63, 3.8) is 0 Å². The zero-order valence-corrected chi connectivity index (χ0v) is 16.5. The highest BCUT2D eigenvalue weighted by Gasteiger charge is 2.17. The number of hydrogen-bond donors (Lipinski definition) is 2. The molecule has 6 heteroatoms. The van der Waals surface area contributed by atoms with E-state index in [1.54, 1.807) is 0 Å². The van der Waals surface area contributed by atoms with Gasteiger partial charge < -0.3 is 20.4 Å². The number of hydrogen-bond acceptors (Lipinski definition) is 3. The van der Waals surface area contributed by atoms with Crippen LogP contribution in [0.4, 0.5) is 0 Å². The molecule has 1 unspecified atom stereocenters.